The molecule has 1 fully saturated rings. The molecule has 1 aliphatic carbocycles. The maximum Gasteiger partial charge on any atom is 0.341 e. The van der Waals surface area contributed by atoms with Gasteiger partial charge in [-0.2, -0.15) is 0 Å². The van der Waals surface area contributed by atoms with E-state index in [2.05, 4.69) is 4.72 Å². The Balaban J connectivity index is 1.66. The molecule has 1 amide bonds. The maximum atomic E-state index is 13.2. The Morgan fingerprint density at radius 2 is 1.97 bits per heavy atom. The Morgan fingerprint density at radius 3 is 2.65 bits per heavy atom. The van der Waals surface area contributed by atoms with E-state index in [9.17, 15) is 18.0 Å². The number of fused-ring (bicyclic) bond motifs is 1. The molecule has 166 valence electrons. The average molecular weight is 463 g/mol. The lowest BCUT2D eigenvalue weighted by atomic mass is 9.95. The summed E-state index contributed by atoms with van der Waals surface area (Å²) in [5.41, 5.74) is 2.71. The number of nitrogens with one attached hydrogen (secondary N) is 1. The van der Waals surface area contributed by atoms with Gasteiger partial charge in [0, 0.05) is 23.5 Å². The Kier molecular flexibility index (Phi) is 6.07. The summed E-state index contributed by atoms with van der Waals surface area (Å²) in [4.78, 5) is 27.5. The van der Waals surface area contributed by atoms with Gasteiger partial charge in [-0.25, -0.2) is 13.2 Å². The molecule has 1 aromatic heterocycles. The topological polar surface area (TPSA) is 92.8 Å². The summed E-state index contributed by atoms with van der Waals surface area (Å²) < 4.78 is 34.2. The molecule has 0 saturated carbocycles. The van der Waals surface area contributed by atoms with Crippen LogP contribution < -0.4 is 9.62 Å². The van der Waals surface area contributed by atoms with Gasteiger partial charge in [0.15, 0.2) is 0 Å². The van der Waals surface area contributed by atoms with Crippen LogP contribution in [0, 0.1) is 6.92 Å². The van der Waals surface area contributed by atoms with E-state index in [1.165, 1.54) is 17.4 Å². The highest BCUT2D eigenvalue weighted by atomic mass is 32.2. The third kappa shape index (κ3) is 4.21. The van der Waals surface area contributed by atoms with Crippen molar-refractivity contribution in [1.82, 2.24) is 0 Å². The number of sulfonamides is 1. The second-order valence-corrected chi connectivity index (χ2v) is 10.6. The van der Waals surface area contributed by atoms with Gasteiger partial charge in [-0.1, -0.05) is 0 Å². The van der Waals surface area contributed by atoms with Gasteiger partial charge < -0.3 is 9.64 Å². The summed E-state index contributed by atoms with van der Waals surface area (Å²) in [6, 6.07) is 4.76. The zero-order valence-corrected chi connectivity index (χ0v) is 19.3. The van der Waals surface area contributed by atoms with Crippen LogP contribution in [0.25, 0.3) is 0 Å². The highest BCUT2D eigenvalue weighted by Gasteiger charge is 2.29. The number of ether oxygens (including phenoxy) is 1. The fourth-order valence-electron chi connectivity index (χ4n) is 4.24. The first-order valence-electron chi connectivity index (χ1n) is 10.6. The fourth-order valence-corrected chi connectivity index (χ4v) is 6.91. The first-order valence-corrected chi connectivity index (χ1v) is 12.9. The van der Waals surface area contributed by atoms with Crippen molar-refractivity contribution in [1.29, 1.82) is 0 Å². The molecule has 9 heteroatoms. The van der Waals surface area contributed by atoms with Crippen molar-refractivity contribution in [3.8, 4) is 0 Å². The molecule has 1 saturated heterocycles. The minimum absolute atomic E-state index is 0.0556. The number of hydrogen-bond donors (Lipinski definition) is 1. The molecular formula is C22H26N2O5S2. The normalized spacial score (nSPS) is 16.3. The zero-order valence-electron chi connectivity index (χ0n) is 17.7. The first kappa shape index (κ1) is 21.8. The number of rotatable bonds is 6. The van der Waals surface area contributed by atoms with Gasteiger partial charge in [0.05, 0.1) is 17.1 Å². The highest BCUT2D eigenvalue weighted by Crippen LogP contribution is 2.40. The second kappa shape index (κ2) is 8.63. The zero-order chi connectivity index (χ0) is 22.2. The molecule has 2 aromatic rings. The Labute approximate surface area is 186 Å². The molecule has 2 heterocycles. The van der Waals surface area contributed by atoms with Crippen LogP contribution in [0.1, 0.15) is 59.0 Å². The first-order chi connectivity index (χ1) is 14.8. The van der Waals surface area contributed by atoms with Gasteiger partial charge >= 0.3 is 5.97 Å². The van der Waals surface area contributed by atoms with E-state index in [0.29, 0.717) is 29.1 Å². The lowest BCUT2D eigenvalue weighted by Gasteiger charge is -2.19. The number of esters is 1. The molecule has 31 heavy (non-hydrogen) atoms. The van der Waals surface area contributed by atoms with Crippen molar-refractivity contribution in [3.05, 3.63) is 39.8 Å². The minimum Gasteiger partial charge on any atom is -0.462 e. The number of aryl methyl sites for hydroxylation is 2. The van der Waals surface area contributed by atoms with Crippen LogP contribution in [0.2, 0.25) is 0 Å². The lowest BCUT2D eigenvalue weighted by molar-refractivity contribution is -0.117. The number of amides is 1. The predicted molar refractivity (Wildman–Crippen MR) is 120 cm³/mol. The second-order valence-electron chi connectivity index (χ2n) is 7.84. The van der Waals surface area contributed by atoms with Crippen LogP contribution in [0.4, 0.5) is 10.7 Å². The Hall–Kier alpha value is -2.39. The van der Waals surface area contributed by atoms with Crippen LogP contribution in [-0.4, -0.2) is 33.4 Å². The number of carbonyl (C=O) groups excluding carboxylic acids is 2. The van der Waals surface area contributed by atoms with Crippen LogP contribution in [-0.2, 0) is 32.4 Å². The molecule has 2 aliphatic rings. The summed E-state index contributed by atoms with van der Waals surface area (Å²) in [5, 5.41) is 0.321. The number of hydrogen-bond acceptors (Lipinski definition) is 6. The quantitative estimate of drug-likeness (QED) is 0.654. The SMILES string of the molecule is CCOC(=O)c1c(NS(=O)(=O)c2ccc(N3CCCC3=O)c(C)c2)sc2c1CCCC2. The van der Waals surface area contributed by atoms with Crippen LogP contribution >= 0.6 is 11.3 Å². The molecule has 0 unspecified atom stereocenters. The van der Waals surface area contributed by atoms with E-state index in [0.717, 1.165) is 48.2 Å². The molecule has 0 radical (unpaired) electrons. The average Bonchev–Trinajstić information content (AvgIpc) is 3.30. The number of benzene rings is 1. The molecule has 0 bridgehead atoms. The largest absolute Gasteiger partial charge is 0.462 e. The van der Waals surface area contributed by atoms with Crippen LogP contribution in [0.15, 0.2) is 23.1 Å². The highest BCUT2D eigenvalue weighted by molar-refractivity contribution is 7.93. The van der Waals surface area contributed by atoms with Crippen molar-refractivity contribution >= 4 is 43.9 Å². The maximum absolute atomic E-state index is 13.2. The monoisotopic (exact) mass is 462 g/mol. The number of anilines is 2. The number of thiophene rings is 1. The fraction of sp³-hybridized carbons (Fsp3) is 0.455. The van der Waals surface area contributed by atoms with E-state index in [4.69, 9.17) is 4.74 Å². The minimum atomic E-state index is -3.91. The summed E-state index contributed by atoms with van der Waals surface area (Å²) in [6.07, 6.45) is 4.90. The molecular weight excluding hydrogens is 436 g/mol. The standard InChI is InChI=1S/C22H26N2O5S2/c1-3-29-22(26)20-16-7-4-5-8-18(16)30-21(20)23-31(27,28)15-10-11-17(14(2)13-15)24-12-6-9-19(24)25/h10-11,13,23H,3-9,12H2,1-2H3. The van der Waals surface area contributed by atoms with E-state index in [1.807, 2.05) is 0 Å². The smallest absolute Gasteiger partial charge is 0.341 e. The van der Waals surface area contributed by atoms with Crippen molar-refractivity contribution in [2.24, 2.45) is 0 Å². The summed E-state index contributed by atoms with van der Waals surface area (Å²) in [7, 11) is -3.91. The van der Waals surface area contributed by atoms with E-state index < -0.39 is 16.0 Å². The van der Waals surface area contributed by atoms with Gasteiger partial charge in [0.25, 0.3) is 10.0 Å². The molecule has 1 aromatic carbocycles. The predicted octanol–water partition coefficient (Wildman–Crippen LogP) is 4.04. The summed E-state index contributed by atoms with van der Waals surface area (Å²) in [5.74, 6) is -0.432. The summed E-state index contributed by atoms with van der Waals surface area (Å²) in [6.45, 7) is 4.41. The molecule has 7 nitrogen and oxygen atoms in total. The van der Waals surface area contributed by atoms with Crippen LogP contribution in [0.5, 0.6) is 0 Å². The van der Waals surface area contributed by atoms with Crippen molar-refractivity contribution < 1.29 is 22.7 Å². The third-order valence-electron chi connectivity index (χ3n) is 5.72. The Morgan fingerprint density at radius 1 is 1.19 bits per heavy atom. The van der Waals surface area contributed by atoms with Gasteiger partial charge in [-0.3, -0.25) is 9.52 Å². The van der Waals surface area contributed by atoms with Crippen LogP contribution in [0.3, 0.4) is 0 Å². The van der Waals surface area contributed by atoms with Gasteiger partial charge in [-0.15, -0.1) is 11.3 Å². The third-order valence-corrected chi connectivity index (χ3v) is 8.40. The van der Waals surface area contributed by atoms with E-state index in [-0.39, 0.29) is 17.4 Å². The van der Waals surface area contributed by atoms with E-state index in [1.54, 1.807) is 30.9 Å². The van der Waals surface area contributed by atoms with E-state index >= 15 is 0 Å². The Bertz CT molecular complexity index is 1140. The van der Waals surface area contributed by atoms with Crippen molar-refractivity contribution in [3.63, 3.8) is 0 Å². The van der Waals surface area contributed by atoms with Gasteiger partial charge in [0.2, 0.25) is 5.91 Å². The van der Waals surface area contributed by atoms with Crippen molar-refractivity contribution in [2.75, 3.05) is 22.8 Å². The van der Waals surface area contributed by atoms with Gasteiger partial charge in [0.1, 0.15) is 5.00 Å². The molecule has 4 rings (SSSR count). The van der Waals surface area contributed by atoms with Crippen molar-refractivity contribution in [2.45, 2.75) is 57.3 Å². The van der Waals surface area contributed by atoms with Gasteiger partial charge in [-0.05, 0) is 75.3 Å². The summed E-state index contributed by atoms with van der Waals surface area (Å²) >= 11 is 1.32. The molecule has 0 spiro atoms. The molecule has 1 aliphatic heterocycles. The molecule has 0 atom stereocenters. The number of carbonyl (C=O) groups is 2. The lowest BCUT2D eigenvalue weighted by Crippen LogP contribution is -2.24. The number of nitrogens with zero attached hydrogens (tertiary/aromatic N) is 1. The molecule has 1 N–H and O–H groups in total.